The summed E-state index contributed by atoms with van der Waals surface area (Å²) in [5.41, 5.74) is 1.05. The zero-order valence-corrected chi connectivity index (χ0v) is 20.2. The first-order valence-electron chi connectivity index (χ1n) is 12.3. The van der Waals surface area contributed by atoms with E-state index >= 15 is 0 Å². The summed E-state index contributed by atoms with van der Waals surface area (Å²) in [6.07, 6.45) is 0.537. The molecule has 5 atom stereocenters. The van der Waals surface area contributed by atoms with Crippen molar-refractivity contribution in [2.75, 3.05) is 23.7 Å². The number of anilines is 2. The molecule has 5 rings (SSSR count). The normalized spacial score (nSPS) is 26.7. The average molecular weight is 488 g/mol. The summed E-state index contributed by atoms with van der Waals surface area (Å²) in [7, 11) is 0. The van der Waals surface area contributed by atoms with Gasteiger partial charge in [0.1, 0.15) is 12.2 Å². The van der Waals surface area contributed by atoms with Gasteiger partial charge in [-0.15, -0.1) is 0 Å². The summed E-state index contributed by atoms with van der Waals surface area (Å²) in [4.78, 5) is 18.3. The van der Waals surface area contributed by atoms with E-state index in [2.05, 4.69) is 44.9 Å². The minimum atomic E-state index is -1.26. The molecule has 0 spiro atoms. The van der Waals surface area contributed by atoms with Gasteiger partial charge in [0, 0.05) is 25.0 Å². The van der Waals surface area contributed by atoms with E-state index in [1.54, 1.807) is 10.9 Å². The van der Waals surface area contributed by atoms with Crippen LogP contribution < -0.4 is 16.0 Å². The molecule has 5 N–H and O–H groups in total. The third kappa shape index (κ3) is 4.56. The molecule has 0 radical (unpaired) electrons. The molecule has 13 nitrogen and oxygen atoms in total. The highest BCUT2D eigenvalue weighted by atomic mass is 16.6. The summed E-state index contributed by atoms with van der Waals surface area (Å²) >= 11 is 0. The molecule has 190 valence electrons. The monoisotopic (exact) mass is 487 g/mol. The van der Waals surface area contributed by atoms with E-state index in [0.29, 0.717) is 35.2 Å². The van der Waals surface area contributed by atoms with Crippen molar-refractivity contribution in [1.82, 2.24) is 35.0 Å². The van der Waals surface area contributed by atoms with Crippen LogP contribution in [0.3, 0.4) is 0 Å². The molecule has 2 saturated heterocycles. The molecule has 0 bridgehead atoms. The van der Waals surface area contributed by atoms with Crippen molar-refractivity contribution in [3.8, 4) is 0 Å². The van der Waals surface area contributed by atoms with Crippen LogP contribution in [0.4, 0.5) is 11.8 Å². The quantitative estimate of drug-likeness (QED) is 0.292. The van der Waals surface area contributed by atoms with Gasteiger partial charge in [0.2, 0.25) is 5.95 Å². The van der Waals surface area contributed by atoms with Gasteiger partial charge in [-0.25, -0.2) is 4.98 Å². The zero-order valence-electron chi connectivity index (χ0n) is 20.2. The summed E-state index contributed by atoms with van der Waals surface area (Å²) < 4.78 is 12.9. The molecule has 3 aromatic heterocycles. The van der Waals surface area contributed by atoms with Gasteiger partial charge in [-0.1, -0.05) is 25.9 Å². The average Bonchev–Trinajstić information content (AvgIpc) is 3.66. The maximum Gasteiger partial charge on any atom is 0.258 e. The van der Waals surface area contributed by atoms with E-state index < -0.39 is 24.5 Å². The number of ether oxygens (including phenoxy) is 1. The Morgan fingerprint density at radius 2 is 2.00 bits per heavy atom. The Morgan fingerprint density at radius 3 is 2.69 bits per heavy atom. The number of fused-ring (bicyclic) bond motifs is 1. The smallest absolute Gasteiger partial charge is 0.258 e. The first-order valence-corrected chi connectivity index (χ1v) is 12.3. The van der Waals surface area contributed by atoms with Crippen LogP contribution in [-0.4, -0.2) is 77.3 Å². The van der Waals surface area contributed by atoms with E-state index in [9.17, 15) is 10.2 Å². The molecule has 0 saturated carbocycles. The maximum atomic E-state index is 10.9. The SMILES string of the molecule is CCc1noc([C@H]2O[C@@H](n3cnc4c(NC(CC)CC)nc(NC5CCNC5)nc43)[C@H](O)[C@@H]2O)n1. The molecular weight excluding hydrogens is 454 g/mol. The number of aryl methyl sites for hydroxylation is 1. The Balaban J connectivity index is 1.50. The number of aliphatic hydroxyl groups is 2. The lowest BCUT2D eigenvalue weighted by atomic mass is 10.1. The number of aliphatic hydroxyl groups excluding tert-OH is 2. The predicted molar refractivity (Wildman–Crippen MR) is 127 cm³/mol. The number of aromatic nitrogens is 6. The predicted octanol–water partition coefficient (Wildman–Crippen LogP) is 1.14. The molecule has 0 aliphatic carbocycles. The third-order valence-corrected chi connectivity index (χ3v) is 6.70. The number of hydrogen-bond donors (Lipinski definition) is 5. The minimum Gasteiger partial charge on any atom is -0.387 e. The van der Waals surface area contributed by atoms with Crippen LogP contribution in [0.2, 0.25) is 0 Å². The van der Waals surface area contributed by atoms with Crippen LogP contribution in [0.1, 0.15) is 64.1 Å². The van der Waals surface area contributed by atoms with Crippen molar-refractivity contribution in [2.45, 2.75) is 83.1 Å². The minimum absolute atomic E-state index is 0.127. The van der Waals surface area contributed by atoms with Crippen molar-refractivity contribution in [3.05, 3.63) is 18.0 Å². The van der Waals surface area contributed by atoms with E-state index in [1.165, 1.54) is 0 Å². The van der Waals surface area contributed by atoms with Crippen LogP contribution in [0, 0.1) is 0 Å². The van der Waals surface area contributed by atoms with Crippen molar-refractivity contribution >= 4 is 22.9 Å². The zero-order chi connectivity index (χ0) is 24.5. The Labute approximate surface area is 202 Å². The number of imidazole rings is 1. The highest BCUT2D eigenvalue weighted by Crippen LogP contribution is 2.39. The first kappa shape index (κ1) is 23.9. The van der Waals surface area contributed by atoms with Gasteiger partial charge in [0.25, 0.3) is 5.89 Å². The second kappa shape index (κ2) is 10.0. The van der Waals surface area contributed by atoms with Gasteiger partial charge in [-0.3, -0.25) is 4.57 Å². The highest BCUT2D eigenvalue weighted by Gasteiger charge is 2.47. The molecule has 1 unspecified atom stereocenters. The molecule has 13 heteroatoms. The summed E-state index contributed by atoms with van der Waals surface area (Å²) in [5, 5.41) is 35.7. The molecule has 5 heterocycles. The second-order valence-electron chi connectivity index (χ2n) is 9.04. The van der Waals surface area contributed by atoms with Crippen LogP contribution in [0.15, 0.2) is 10.9 Å². The highest BCUT2D eigenvalue weighted by molar-refractivity contribution is 5.84. The summed E-state index contributed by atoms with van der Waals surface area (Å²) in [5.74, 6) is 1.71. The Bertz CT molecular complexity index is 1140. The topological polar surface area (TPSA) is 168 Å². The second-order valence-corrected chi connectivity index (χ2v) is 9.04. The summed E-state index contributed by atoms with van der Waals surface area (Å²) in [6.45, 7) is 7.91. The molecule has 2 fully saturated rings. The van der Waals surface area contributed by atoms with Crippen molar-refractivity contribution in [1.29, 1.82) is 0 Å². The van der Waals surface area contributed by atoms with E-state index in [1.807, 2.05) is 6.92 Å². The lowest BCUT2D eigenvalue weighted by Gasteiger charge is -2.19. The molecule has 35 heavy (non-hydrogen) atoms. The Kier molecular flexibility index (Phi) is 6.82. The molecule has 2 aliphatic rings. The van der Waals surface area contributed by atoms with Gasteiger partial charge in [0.15, 0.2) is 35.1 Å². The van der Waals surface area contributed by atoms with Crippen molar-refractivity contribution in [3.63, 3.8) is 0 Å². The first-order chi connectivity index (χ1) is 17.0. The van der Waals surface area contributed by atoms with Crippen LogP contribution in [0.5, 0.6) is 0 Å². The van der Waals surface area contributed by atoms with Crippen molar-refractivity contribution in [2.24, 2.45) is 0 Å². The van der Waals surface area contributed by atoms with Gasteiger partial charge in [0.05, 0.1) is 6.33 Å². The fourth-order valence-electron chi connectivity index (χ4n) is 4.53. The fourth-order valence-corrected chi connectivity index (χ4v) is 4.53. The number of hydrogen-bond acceptors (Lipinski definition) is 12. The number of nitrogens with zero attached hydrogens (tertiary/aromatic N) is 6. The van der Waals surface area contributed by atoms with Crippen LogP contribution >= 0.6 is 0 Å². The van der Waals surface area contributed by atoms with Gasteiger partial charge in [-0.2, -0.15) is 15.0 Å². The third-order valence-electron chi connectivity index (χ3n) is 6.70. The standard InChI is InChI=1S/C22H33N9O4/c1-4-11(5-2)25-18-14-19(29-22(28-18)26-12-7-8-23-9-12)31(10-24-14)21-16(33)15(32)17(34-21)20-27-13(6-3)30-35-20/h10-12,15-17,21,23,32-33H,4-9H2,1-3H3,(H2,25,26,28,29)/t12?,15-,16+,17-,21+/m0/s1. The Hall–Kier alpha value is -2.87. The number of rotatable bonds is 9. The van der Waals surface area contributed by atoms with Gasteiger partial charge >= 0.3 is 0 Å². The van der Waals surface area contributed by atoms with Gasteiger partial charge < -0.3 is 35.4 Å². The molecule has 3 aromatic rings. The molecule has 2 aliphatic heterocycles. The molecule has 0 aromatic carbocycles. The largest absolute Gasteiger partial charge is 0.387 e. The molecular formula is C22H33N9O4. The fraction of sp³-hybridized carbons (Fsp3) is 0.682. The maximum absolute atomic E-state index is 10.9. The number of nitrogens with one attached hydrogen (secondary N) is 3. The Morgan fingerprint density at radius 1 is 1.17 bits per heavy atom. The van der Waals surface area contributed by atoms with E-state index in [-0.39, 0.29) is 18.0 Å². The van der Waals surface area contributed by atoms with E-state index in [4.69, 9.17) is 19.2 Å². The lowest BCUT2D eigenvalue weighted by molar-refractivity contribution is -0.0451. The summed E-state index contributed by atoms with van der Waals surface area (Å²) in [6, 6.07) is 0.443. The lowest BCUT2D eigenvalue weighted by Crippen LogP contribution is -2.29. The van der Waals surface area contributed by atoms with Crippen LogP contribution in [0.25, 0.3) is 11.2 Å². The molecule has 0 amide bonds. The van der Waals surface area contributed by atoms with Crippen LogP contribution in [-0.2, 0) is 11.2 Å². The van der Waals surface area contributed by atoms with Gasteiger partial charge in [-0.05, 0) is 25.8 Å². The van der Waals surface area contributed by atoms with E-state index in [0.717, 1.165) is 32.4 Å². The van der Waals surface area contributed by atoms with Crippen molar-refractivity contribution < 1.29 is 19.5 Å².